The van der Waals surface area contributed by atoms with E-state index in [1.165, 1.54) is 11.8 Å². The summed E-state index contributed by atoms with van der Waals surface area (Å²) in [5.74, 6) is 0.292. The lowest BCUT2D eigenvalue weighted by molar-refractivity contribution is -0.119. The number of nitrogens with one attached hydrogen (secondary N) is 1. The van der Waals surface area contributed by atoms with Crippen LogP contribution in [-0.4, -0.2) is 42.8 Å². The van der Waals surface area contributed by atoms with Crippen molar-refractivity contribution in [3.05, 3.63) is 58.6 Å². The normalized spacial score (nSPS) is 17.3. The number of morpholine rings is 1. The molecule has 1 N–H and O–H groups in total. The largest absolute Gasteiger partial charge is 0.371 e. The van der Waals surface area contributed by atoms with Gasteiger partial charge in [-0.2, -0.15) is 5.26 Å². The van der Waals surface area contributed by atoms with Crippen molar-refractivity contribution in [2.45, 2.75) is 11.0 Å². The molecule has 1 amide bonds. The quantitative estimate of drug-likeness (QED) is 0.678. The number of ether oxygens (including phenoxy) is 1. The zero-order chi connectivity index (χ0) is 19.1. The van der Waals surface area contributed by atoms with Crippen molar-refractivity contribution >= 4 is 39.3 Å². The first-order valence-corrected chi connectivity index (χ1v) is 10.4. The Morgan fingerprint density at radius 3 is 3.00 bits per heavy atom. The van der Waals surface area contributed by atoms with Gasteiger partial charge in [0.05, 0.1) is 36.8 Å². The summed E-state index contributed by atoms with van der Waals surface area (Å²) in [7, 11) is 0. The molecule has 140 valence electrons. The number of carbonyl (C=O) groups is 1. The molecule has 27 heavy (non-hydrogen) atoms. The molecular weight excluding hydrogens is 426 g/mol. The zero-order valence-corrected chi connectivity index (χ0v) is 17.1. The van der Waals surface area contributed by atoms with Crippen LogP contribution in [0.1, 0.15) is 11.7 Å². The number of nitrogens with zero attached hydrogens (tertiary/aromatic N) is 2. The predicted octanol–water partition coefficient (Wildman–Crippen LogP) is 4.08. The number of para-hydroxylation sites is 1. The van der Waals surface area contributed by atoms with E-state index in [4.69, 9.17) is 10.00 Å². The fourth-order valence-electron chi connectivity index (χ4n) is 2.95. The molecule has 7 heteroatoms. The Hall–Kier alpha value is -1.85. The fraction of sp³-hybridized carbons (Fsp3) is 0.300. The Morgan fingerprint density at radius 2 is 2.19 bits per heavy atom. The highest BCUT2D eigenvalue weighted by atomic mass is 79.9. The smallest absolute Gasteiger partial charge is 0.238 e. The third kappa shape index (κ3) is 5.81. The summed E-state index contributed by atoms with van der Waals surface area (Å²) in [6.45, 7) is 2.31. The number of nitriles is 1. The second kappa shape index (κ2) is 9.90. The first kappa shape index (κ1) is 19.9. The first-order chi connectivity index (χ1) is 13.2. The molecule has 0 spiro atoms. The van der Waals surface area contributed by atoms with Crippen LogP contribution in [0.4, 0.5) is 5.69 Å². The molecule has 1 aliphatic rings. The second-order valence-electron chi connectivity index (χ2n) is 6.14. The van der Waals surface area contributed by atoms with Crippen LogP contribution >= 0.6 is 27.7 Å². The van der Waals surface area contributed by atoms with E-state index in [0.29, 0.717) is 25.4 Å². The maximum absolute atomic E-state index is 12.5. The van der Waals surface area contributed by atoms with E-state index in [0.717, 1.165) is 27.2 Å². The van der Waals surface area contributed by atoms with Gasteiger partial charge in [0.15, 0.2) is 0 Å². The Bertz CT molecular complexity index is 840. The third-order valence-corrected chi connectivity index (χ3v) is 5.63. The molecule has 0 bridgehead atoms. The molecule has 5 nitrogen and oxygen atoms in total. The van der Waals surface area contributed by atoms with Gasteiger partial charge in [-0.1, -0.05) is 40.2 Å². The van der Waals surface area contributed by atoms with Crippen LogP contribution in [0, 0.1) is 11.3 Å². The number of hydrogen-bond acceptors (Lipinski definition) is 5. The van der Waals surface area contributed by atoms with Crippen LogP contribution in [0.25, 0.3) is 0 Å². The maximum atomic E-state index is 12.5. The van der Waals surface area contributed by atoms with Crippen LogP contribution in [0.15, 0.2) is 57.9 Å². The van der Waals surface area contributed by atoms with Gasteiger partial charge in [-0.25, -0.2) is 0 Å². The van der Waals surface area contributed by atoms with Gasteiger partial charge in [-0.3, -0.25) is 9.69 Å². The van der Waals surface area contributed by atoms with Crippen LogP contribution < -0.4 is 5.32 Å². The van der Waals surface area contributed by atoms with Gasteiger partial charge in [0.1, 0.15) is 0 Å². The molecule has 0 radical (unpaired) electrons. The Balaban J connectivity index is 1.59. The van der Waals surface area contributed by atoms with Gasteiger partial charge in [0.25, 0.3) is 0 Å². The summed E-state index contributed by atoms with van der Waals surface area (Å²) >= 11 is 4.91. The summed E-state index contributed by atoms with van der Waals surface area (Å²) in [6.07, 6.45) is -0.0393. The molecular formula is C20H20BrN3O2S. The minimum Gasteiger partial charge on any atom is -0.371 e. The van der Waals surface area contributed by atoms with Gasteiger partial charge in [-0.05, 0) is 29.8 Å². The van der Waals surface area contributed by atoms with Crippen LogP contribution in [0.5, 0.6) is 0 Å². The van der Waals surface area contributed by atoms with Gasteiger partial charge in [0, 0.05) is 22.5 Å². The number of rotatable bonds is 6. The van der Waals surface area contributed by atoms with E-state index < -0.39 is 0 Å². The van der Waals surface area contributed by atoms with E-state index in [2.05, 4.69) is 38.3 Å². The minimum atomic E-state index is -0.0603. The van der Waals surface area contributed by atoms with Crippen molar-refractivity contribution in [2.24, 2.45) is 0 Å². The summed E-state index contributed by atoms with van der Waals surface area (Å²) < 4.78 is 6.90. The van der Waals surface area contributed by atoms with E-state index in [1.807, 2.05) is 42.5 Å². The zero-order valence-electron chi connectivity index (χ0n) is 14.7. The van der Waals surface area contributed by atoms with E-state index in [9.17, 15) is 4.79 Å². The molecule has 0 aromatic heterocycles. The van der Waals surface area contributed by atoms with Crippen molar-refractivity contribution in [2.75, 3.05) is 37.3 Å². The number of amides is 1. The maximum Gasteiger partial charge on any atom is 0.238 e. The van der Waals surface area contributed by atoms with E-state index >= 15 is 0 Å². The number of carbonyl (C=O) groups excluding carboxylic acids is 1. The lowest BCUT2D eigenvalue weighted by atomic mass is 10.1. The van der Waals surface area contributed by atoms with E-state index in [-0.39, 0.29) is 12.0 Å². The fourth-order valence-corrected chi connectivity index (χ4v) is 4.04. The highest BCUT2D eigenvalue weighted by Crippen LogP contribution is 2.27. The highest BCUT2D eigenvalue weighted by molar-refractivity contribution is 9.10. The summed E-state index contributed by atoms with van der Waals surface area (Å²) in [5.41, 5.74) is 1.85. The van der Waals surface area contributed by atoms with Crippen LogP contribution in [0.2, 0.25) is 0 Å². The Morgan fingerprint density at radius 1 is 1.33 bits per heavy atom. The highest BCUT2D eigenvalue weighted by Gasteiger charge is 2.23. The Kier molecular flexibility index (Phi) is 7.30. The molecule has 1 saturated heterocycles. The standard InChI is InChI=1S/C20H20BrN3O2S/c21-16-5-3-4-15(12-16)18-13-24(9-10-26-18)14-20(25)23-17-6-1-2-7-19(17)27-11-8-22/h1-7,12,18H,9-11,13-14H2,(H,23,25). The summed E-state index contributed by atoms with van der Waals surface area (Å²) in [5, 5.41) is 11.7. The molecule has 0 aliphatic carbocycles. The van der Waals surface area contributed by atoms with Crippen LogP contribution in [0.3, 0.4) is 0 Å². The van der Waals surface area contributed by atoms with Crippen molar-refractivity contribution in [3.63, 3.8) is 0 Å². The van der Waals surface area contributed by atoms with Gasteiger partial charge < -0.3 is 10.1 Å². The molecule has 2 aromatic carbocycles. The summed E-state index contributed by atoms with van der Waals surface area (Å²) in [4.78, 5) is 15.5. The van der Waals surface area contributed by atoms with Crippen molar-refractivity contribution in [3.8, 4) is 6.07 Å². The molecule has 1 fully saturated rings. The predicted molar refractivity (Wildman–Crippen MR) is 111 cm³/mol. The molecule has 2 aromatic rings. The van der Waals surface area contributed by atoms with E-state index in [1.54, 1.807) is 0 Å². The number of benzene rings is 2. The minimum absolute atomic E-state index is 0.0393. The van der Waals surface area contributed by atoms with Crippen LogP contribution in [-0.2, 0) is 9.53 Å². The first-order valence-electron chi connectivity index (χ1n) is 8.64. The number of hydrogen-bond donors (Lipinski definition) is 1. The monoisotopic (exact) mass is 445 g/mol. The van der Waals surface area contributed by atoms with Gasteiger partial charge in [0.2, 0.25) is 5.91 Å². The van der Waals surface area contributed by atoms with Gasteiger partial charge >= 0.3 is 0 Å². The average molecular weight is 446 g/mol. The topological polar surface area (TPSA) is 65.4 Å². The average Bonchev–Trinajstić information content (AvgIpc) is 2.67. The van der Waals surface area contributed by atoms with Gasteiger partial charge in [-0.15, -0.1) is 11.8 Å². The molecule has 0 saturated carbocycles. The lowest BCUT2D eigenvalue weighted by Gasteiger charge is -2.32. The number of thioether (sulfide) groups is 1. The van der Waals surface area contributed by atoms with Crippen molar-refractivity contribution in [1.82, 2.24) is 4.90 Å². The lowest BCUT2D eigenvalue weighted by Crippen LogP contribution is -2.42. The number of halogens is 1. The van der Waals surface area contributed by atoms with Crippen molar-refractivity contribution in [1.29, 1.82) is 5.26 Å². The molecule has 1 aliphatic heterocycles. The van der Waals surface area contributed by atoms with Crippen molar-refractivity contribution < 1.29 is 9.53 Å². The SMILES string of the molecule is N#CCSc1ccccc1NC(=O)CN1CCOC(c2cccc(Br)c2)C1. The Labute approximate surface area is 171 Å². The summed E-state index contributed by atoms with van der Waals surface area (Å²) in [6, 6.07) is 17.7. The second-order valence-corrected chi connectivity index (χ2v) is 8.07. The molecule has 1 atom stereocenters. The third-order valence-electron chi connectivity index (χ3n) is 4.19. The molecule has 3 rings (SSSR count). The molecule has 1 unspecified atom stereocenters. The number of anilines is 1. The molecule has 1 heterocycles.